The molecule has 0 radical (unpaired) electrons. The molecule has 0 atom stereocenters. The molecule has 180 valence electrons. The van der Waals surface area contributed by atoms with Crippen molar-refractivity contribution < 1.29 is 4.74 Å². The molecule has 1 nitrogen and oxygen atoms in total. The zero-order valence-electron chi connectivity index (χ0n) is 22.5. The molecule has 1 aliphatic carbocycles. The highest BCUT2D eigenvalue weighted by molar-refractivity contribution is 6.10. The second-order valence-electron chi connectivity index (χ2n) is 11.7. The Labute approximate surface area is 210 Å². The van der Waals surface area contributed by atoms with Crippen LogP contribution in [-0.2, 0) is 4.74 Å². The van der Waals surface area contributed by atoms with Crippen molar-refractivity contribution in [3.8, 4) is 11.1 Å². The maximum atomic E-state index is 6.56. The summed E-state index contributed by atoms with van der Waals surface area (Å²) < 4.78 is 6.56. The Morgan fingerprint density at radius 2 is 1.17 bits per heavy atom. The van der Waals surface area contributed by atoms with Gasteiger partial charge in [0.05, 0.1) is 6.61 Å². The van der Waals surface area contributed by atoms with Crippen LogP contribution in [0.15, 0.2) is 78.6 Å². The van der Waals surface area contributed by atoms with Crippen molar-refractivity contribution in [3.63, 3.8) is 0 Å². The summed E-state index contributed by atoms with van der Waals surface area (Å²) >= 11 is 0. The fourth-order valence-electron chi connectivity index (χ4n) is 6.29. The fourth-order valence-corrected chi connectivity index (χ4v) is 6.29. The average Bonchev–Trinajstić information content (AvgIpc) is 2.93. The first-order valence-electron chi connectivity index (χ1n) is 12.9. The van der Waals surface area contributed by atoms with Crippen molar-refractivity contribution in [1.29, 1.82) is 0 Å². The van der Waals surface area contributed by atoms with E-state index in [4.69, 9.17) is 4.74 Å². The fraction of sp³-hybridized carbons (Fsp3) is 0.353. The third kappa shape index (κ3) is 3.20. The first kappa shape index (κ1) is 23.7. The second kappa shape index (κ2) is 7.98. The van der Waals surface area contributed by atoms with Crippen LogP contribution < -0.4 is 0 Å². The predicted molar refractivity (Wildman–Crippen MR) is 152 cm³/mol. The molecule has 1 aliphatic rings. The lowest BCUT2D eigenvalue weighted by Crippen LogP contribution is -2.39. The predicted octanol–water partition coefficient (Wildman–Crippen LogP) is 9.81. The van der Waals surface area contributed by atoms with E-state index in [1.54, 1.807) is 0 Å². The molecule has 0 fully saturated rings. The number of hydrogen-bond acceptors (Lipinski definition) is 1. The second-order valence-corrected chi connectivity index (χ2v) is 11.7. The summed E-state index contributed by atoms with van der Waals surface area (Å²) in [6.45, 7) is 19.4. The molecule has 0 saturated heterocycles. The molecule has 0 unspecified atom stereocenters. The van der Waals surface area contributed by atoms with Gasteiger partial charge in [0.25, 0.3) is 0 Å². The van der Waals surface area contributed by atoms with Gasteiger partial charge in [-0.05, 0) is 68.5 Å². The molecule has 0 amide bonds. The quantitative estimate of drug-likeness (QED) is 0.293. The van der Waals surface area contributed by atoms with Gasteiger partial charge in [0.15, 0.2) is 0 Å². The van der Waals surface area contributed by atoms with Crippen LogP contribution in [0.4, 0.5) is 0 Å². The van der Waals surface area contributed by atoms with Crippen LogP contribution in [0, 0.1) is 23.2 Å². The average molecular weight is 463 g/mol. The van der Waals surface area contributed by atoms with Gasteiger partial charge in [-0.2, -0.15) is 0 Å². The van der Waals surface area contributed by atoms with E-state index in [1.807, 2.05) is 0 Å². The smallest absolute Gasteiger partial charge is 0.106 e. The Morgan fingerprint density at radius 3 is 1.77 bits per heavy atom. The lowest BCUT2D eigenvalue weighted by molar-refractivity contribution is 0.0313. The summed E-state index contributed by atoms with van der Waals surface area (Å²) in [5.74, 6) is 1.14. The van der Waals surface area contributed by atoms with Crippen LogP contribution >= 0.6 is 0 Å². The van der Waals surface area contributed by atoms with Gasteiger partial charge in [-0.25, -0.2) is 0 Å². The SMILES string of the molecule is CCOC1=C(c2ccc3ccccc3c2-c2c(C)ccc3ccccc23)C(C)(C)C(C)(C)C1(C)C. The maximum Gasteiger partial charge on any atom is 0.106 e. The van der Waals surface area contributed by atoms with E-state index in [2.05, 4.69) is 128 Å². The molecule has 0 N–H and O–H groups in total. The van der Waals surface area contributed by atoms with Crippen LogP contribution in [0.2, 0.25) is 0 Å². The van der Waals surface area contributed by atoms with Crippen molar-refractivity contribution in [3.05, 3.63) is 89.7 Å². The monoisotopic (exact) mass is 462 g/mol. The summed E-state index contributed by atoms with van der Waals surface area (Å²) in [6.07, 6.45) is 0. The van der Waals surface area contributed by atoms with Crippen molar-refractivity contribution >= 4 is 27.1 Å². The summed E-state index contributed by atoms with van der Waals surface area (Å²) in [6, 6.07) is 26.8. The van der Waals surface area contributed by atoms with Gasteiger partial charge in [0.1, 0.15) is 5.76 Å². The highest BCUT2D eigenvalue weighted by atomic mass is 16.5. The van der Waals surface area contributed by atoms with Crippen LogP contribution in [0.1, 0.15) is 59.6 Å². The van der Waals surface area contributed by atoms with Crippen LogP contribution in [0.3, 0.4) is 0 Å². The van der Waals surface area contributed by atoms with Crippen molar-refractivity contribution in [1.82, 2.24) is 0 Å². The Hall–Kier alpha value is -3.06. The zero-order chi connectivity index (χ0) is 25.2. The van der Waals surface area contributed by atoms with Crippen molar-refractivity contribution in [2.24, 2.45) is 16.2 Å². The molecule has 4 aromatic carbocycles. The van der Waals surface area contributed by atoms with Gasteiger partial charge in [-0.15, -0.1) is 0 Å². The molecule has 35 heavy (non-hydrogen) atoms. The Kier molecular flexibility index (Phi) is 5.40. The molecule has 0 spiro atoms. The van der Waals surface area contributed by atoms with Gasteiger partial charge in [0, 0.05) is 11.0 Å². The first-order chi connectivity index (χ1) is 16.5. The highest BCUT2D eigenvalue weighted by Crippen LogP contribution is 2.68. The highest BCUT2D eigenvalue weighted by Gasteiger charge is 2.60. The number of rotatable bonds is 4. The molecule has 0 aliphatic heterocycles. The molecular formula is C34H38O. The molecule has 0 bridgehead atoms. The largest absolute Gasteiger partial charge is 0.497 e. The summed E-state index contributed by atoms with van der Waals surface area (Å²) in [4.78, 5) is 0. The molecule has 0 saturated carbocycles. The summed E-state index contributed by atoms with van der Waals surface area (Å²) in [7, 11) is 0. The number of ether oxygens (including phenoxy) is 1. The number of allylic oxidation sites excluding steroid dienone is 2. The van der Waals surface area contributed by atoms with Gasteiger partial charge in [0.2, 0.25) is 0 Å². The Morgan fingerprint density at radius 1 is 0.629 bits per heavy atom. The third-order valence-electron chi connectivity index (χ3n) is 9.42. The van der Waals surface area contributed by atoms with Crippen LogP contribution in [0.25, 0.3) is 38.2 Å². The van der Waals surface area contributed by atoms with E-state index in [-0.39, 0.29) is 16.2 Å². The van der Waals surface area contributed by atoms with Crippen molar-refractivity contribution in [2.75, 3.05) is 6.61 Å². The van der Waals surface area contributed by atoms with E-state index >= 15 is 0 Å². The number of aryl methyl sites for hydroxylation is 1. The van der Waals surface area contributed by atoms with E-state index in [0.29, 0.717) is 6.61 Å². The molecule has 5 rings (SSSR count). The number of fused-ring (bicyclic) bond motifs is 2. The van der Waals surface area contributed by atoms with E-state index in [0.717, 1.165) is 5.76 Å². The minimum atomic E-state index is -0.0987. The van der Waals surface area contributed by atoms with Crippen LogP contribution in [0.5, 0.6) is 0 Å². The Balaban J connectivity index is 1.99. The van der Waals surface area contributed by atoms with Gasteiger partial charge in [-0.3, -0.25) is 0 Å². The molecule has 1 heteroatoms. The van der Waals surface area contributed by atoms with E-state index in [9.17, 15) is 0 Å². The lowest BCUT2D eigenvalue weighted by atomic mass is 9.58. The van der Waals surface area contributed by atoms with E-state index in [1.165, 1.54) is 49.4 Å². The normalized spacial score (nSPS) is 18.4. The maximum absolute atomic E-state index is 6.56. The topological polar surface area (TPSA) is 9.23 Å². The lowest BCUT2D eigenvalue weighted by Gasteiger charge is -2.45. The third-order valence-corrected chi connectivity index (χ3v) is 9.42. The minimum Gasteiger partial charge on any atom is -0.497 e. The van der Waals surface area contributed by atoms with Gasteiger partial charge >= 0.3 is 0 Å². The first-order valence-corrected chi connectivity index (χ1v) is 12.9. The van der Waals surface area contributed by atoms with Crippen LogP contribution in [-0.4, -0.2) is 6.61 Å². The van der Waals surface area contributed by atoms with Gasteiger partial charge in [-0.1, -0.05) is 114 Å². The van der Waals surface area contributed by atoms with Crippen molar-refractivity contribution in [2.45, 2.75) is 55.4 Å². The Bertz CT molecular complexity index is 1480. The van der Waals surface area contributed by atoms with Gasteiger partial charge < -0.3 is 4.74 Å². The van der Waals surface area contributed by atoms with E-state index < -0.39 is 0 Å². The number of hydrogen-bond donors (Lipinski definition) is 0. The molecule has 0 aromatic heterocycles. The molecular weight excluding hydrogens is 424 g/mol. The summed E-state index contributed by atoms with van der Waals surface area (Å²) in [5.41, 5.74) is 6.43. The standard InChI is InChI=1S/C34H38O/c1-9-35-31-30(32(3,4)34(7,8)33(31,5)6)27-21-20-24-15-11-13-17-26(24)29(27)28-22(2)18-19-23-14-10-12-16-25(23)28/h10-21H,9H2,1-8H3. The molecule has 4 aromatic rings. The minimum absolute atomic E-state index is 0.0105. The summed E-state index contributed by atoms with van der Waals surface area (Å²) in [5, 5.41) is 5.15. The number of benzene rings is 4. The molecule has 0 heterocycles. The zero-order valence-corrected chi connectivity index (χ0v) is 22.5.